The minimum Gasteiger partial charge on any atom is -0.458 e. The van der Waals surface area contributed by atoms with E-state index in [-0.39, 0.29) is 19.0 Å². The summed E-state index contributed by atoms with van der Waals surface area (Å²) < 4.78 is 5.51. The molecular formula is C26H42N4O6. The number of likely N-dealkylation sites (tertiary alicyclic amines) is 1. The molecule has 4 amide bonds. The molecule has 0 radical (unpaired) electrons. The van der Waals surface area contributed by atoms with Crippen molar-refractivity contribution in [3.05, 3.63) is 12.2 Å². The smallest absolute Gasteiger partial charge is 0.329 e. The van der Waals surface area contributed by atoms with Crippen LogP contribution >= 0.6 is 0 Å². The Balaban J connectivity index is 2.14. The summed E-state index contributed by atoms with van der Waals surface area (Å²) in [6, 6.07) is -3.46. The molecule has 1 saturated heterocycles. The maximum Gasteiger partial charge on any atom is 0.329 e. The van der Waals surface area contributed by atoms with E-state index >= 15 is 0 Å². The van der Waals surface area contributed by atoms with Gasteiger partial charge in [0.15, 0.2) is 0 Å². The summed E-state index contributed by atoms with van der Waals surface area (Å²) in [6.45, 7) is 16.6. The summed E-state index contributed by atoms with van der Waals surface area (Å²) in [5.74, 6) is -2.48. The topological polar surface area (TPSA) is 134 Å². The molecule has 202 valence electrons. The first kappa shape index (κ1) is 29.3. The van der Waals surface area contributed by atoms with Gasteiger partial charge in [-0.15, -0.1) is 0 Å². The third kappa shape index (κ3) is 8.34. The van der Waals surface area contributed by atoms with Crippen LogP contribution in [0.1, 0.15) is 80.6 Å². The number of nitrogens with one attached hydrogen (secondary N) is 3. The summed E-state index contributed by atoms with van der Waals surface area (Å²) >= 11 is 0. The molecule has 1 aliphatic heterocycles. The predicted octanol–water partition coefficient (Wildman–Crippen LogP) is 2.22. The number of carbonyl (C=O) groups excluding carboxylic acids is 5. The van der Waals surface area contributed by atoms with Crippen LogP contribution < -0.4 is 16.0 Å². The van der Waals surface area contributed by atoms with Crippen molar-refractivity contribution < 1.29 is 28.7 Å². The lowest BCUT2D eigenvalue weighted by Gasteiger charge is -2.34. The molecule has 2 fully saturated rings. The number of ether oxygens (including phenoxy) is 1. The van der Waals surface area contributed by atoms with E-state index in [2.05, 4.69) is 22.5 Å². The number of ketones is 1. The highest BCUT2D eigenvalue weighted by Crippen LogP contribution is 2.26. The zero-order chi connectivity index (χ0) is 27.4. The van der Waals surface area contributed by atoms with Crippen molar-refractivity contribution >= 4 is 29.6 Å². The summed E-state index contributed by atoms with van der Waals surface area (Å²) in [4.78, 5) is 65.6. The van der Waals surface area contributed by atoms with Crippen molar-refractivity contribution in [3.63, 3.8) is 0 Å². The first-order chi connectivity index (χ1) is 16.5. The molecule has 1 aliphatic carbocycles. The third-order valence-corrected chi connectivity index (χ3v) is 5.94. The maximum atomic E-state index is 13.3. The largest absolute Gasteiger partial charge is 0.458 e. The highest BCUT2D eigenvalue weighted by Gasteiger charge is 2.42. The van der Waals surface area contributed by atoms with Crippen LogP contribution in [0.4, 0.5) is 4.79 Å². The fraction of sp³-hybridized carbons (Fsp3) is 0.731. The lowest BCUT2D eigenvalue weighted by molar-refractivity contribution is -0.162. The second kappa shape index (κ2) is 11.4. The Labute approximate surface area is 213 Å². The molecule has 10 nitrogen and oxygen atoms in total. The Bertz CT molecular complexity index is 897. The van der Waals surface area contributed by atoms with Gasteiger partial charge in [-0.05, 0) is 51.9 Å². The quantitative estimate of drug-likeness (QED) is 0.249. The zero-order valence-electron chi connectivity index (χ0n) is 22.7. The molecule has 0 aromatic heterocycles. The van der Waals surface area contributed by atoms with Crippen LogP contribution in [0.5, 0.6) is 0 Å². The van der Waals surface area contributed by atoms with E-state index in [1.54, 1.807) is 20.8 Å². The van der Waals surface area contributed by atoms with Crippen molar-refractivity contribution in [2.45, 2.75) is 110 Å². The minimum atomic E-state index is -0.997. The van der Waals surface area contributed by atoms with Gasteiger partial charge in [-0.2, -0.15) is 0 Å². The number of hydrogen-bond donors (Lipinski definition) is 3. The molecule has 1 unspecified atom stereocenters. The average molecular weight is 507 g/mol. The number of rotatable bonds is 9. The lowest BCUT2D eigenvalue weighted by Crippen LogP contribution is -2.58. The molecule has 0 bridgehead atoms. The monoisotopic (exact) mass is 506 g/mol. The molecule has 0 aromatic carbocycles. The Hall–Kier alpha value is -2.91. The number of urea groups is 1. The van der Waals surface area contributed by atoms with Crippen LogP contribution in [-0.4, -0.2) is 70.8 Å². The van der Waals surface area contributed by atoms with Crippen molar-refractivity contribution in [1.29, 1.82) is 0 Å². The van der Waals surface area contributed by atoms with Crippen molar-refractivity contribution in [2.75, 3.05) is 6.54 Å². The molecule has 1 heterocycles. The number of amides is 4. The first-order valence-corrected chi connectivity index (χ1v) is 12.6. The van der Waals surface area contributed by atoms with Crippen molar-refractivity contribution in [3.8, 4) is 0 Å². The van der Waals surface area contributed by atoms with E-state index in [9.17, 15) is 24.0 Å². The van der Waals surface area contributed by atoms with Gasteiger partial charge in [0.05, 0.1) is 6.04 Å². The Morgan fingerprint density at radius 3 is 2.17 bits per heavy atom. The van der Waals surface area contributed by atoms with E-state index in [1.807, 2.05) is 27.7 Å². The van der Waals surface area contributed by atoms with Gasteiger partial charge < -0.3 is 25.6 Å². The fourth-order valence-corrected chi connectivity index (χ4v) is 3.91. The minimum absolute atomic E-state index is 0.0233. The van der Waals surface area contributed by atoms with E-state index < -0.39 is 58.7 Å². The van der Waals surface area contributed by atoms with E-state index in [0.29, 0.717) is 18.4 Å². The van der Waals surface area contributed by atoms with E-state index in [0.717, 1.165) is 12.8 Å². The van der Waals surface area contributed by atoms with E-state index in [1.165, 1.54) is 4.90 Å². The standard InChI is InChI=1S/C26H42N4O6/c1-9-10-17(19(31)22(33)27-16-11-12-16)28-24(35)30-14-15(2)13-18(30)21(32)29-20(25(3,4)5)23(34)36-26(6,7)8/h16-18,20H,2,9-14H2,1,3-8H3,(H,27,33)(H,28,35)(H,29,32)/t17?,18-,20+/m0/s1. The van der Waals surface area contributed by atoms with Gasteiger partial charge >= 0.3 is 12.0 Å². The number of nitrogens with zero attached hydrogens (tertiary/aromatic N) is 1. The van der Waals surface area contributed by atoms with Crippen LogP contribution in [0.25, 0.3) is 0 Å². The van der Waals surface area contributed by atoms with Gasteiger partial charge in [0.2, 0.25) is 11.7 Å². The van der Waals surface area contributed by atoms with Gasteiger partial charge in [0, 0.05) is 12.6 Å². The molecule has 0 aromatic rings. The number of Topliss-reactive ketones (excluding diaryl/α,β-unsaturated/α-hetero) is 1. The number of esters is 1. The van der Waals surface area contributed by atoms with Crippen molar-refractivity contribution in [1.82, 2.24) is 20.9 Å². The second-order valence-corrected chi connectivity index (χ2v) is 11.8. The molecule has 3 atom stereocenters. The number of carbonyl (C=O) groups is 5. The molecule has 1 saturated carbocycles. The first-order valence-electron chi connectivity index (χ1n) is 12.6. The maximum absolute atomic E-state index is 13.3. The zero-order valence-corrected chi connectivity index (χ0v) is 22.7. The molecule has 10 heteroatoms. The Morgan fingerprint density at radius 2 is 1.67 bits per heavy atom. The predicted molar refractivity (Wildman–Crippen MR) is 135 cm³/mol. The van der Waals surface area contributed by atoms with Crippen LogP contribution in [-0.2, 0) is 23.9 Å². The molecule has 3 N–H and O–H groups in total. The SMILES string of the molecule is C=C1C[C@@H](C(=O)N[C@H](C(=O)OC(C)(C)C)C(C)(C)C)N(C(=O)NC(CCC)C(=O)C(=O)NC2CC2)C1. The molecular weight excluding hydrogens is 464 g/mol. The Morgan fingerprint density at radius 1 is 1.06 bits per heavy atom. The molecule has 2 aliphatic rings. The van der Waals surface area contributed by atoms with Crippen LogP contribution in [0.2, 0.25) is 0 Å². The fourth-order valence-electron chi connectivity index (χ4n) is 3.91. The van der Waals surface area contributed by atoms with Crippen LogP contribution in [0.3, 0.4) is 0 Å². The van der Waals surface area contributed by atoms with Gasteiger partial charge in [-0.25, -0.2) is 9.59 Å². The van der Waals surface area contributed by atoms with Gasteiger partial charge in [0.25, 0.3) is 5.91 Å². The summed E-state index contributed by atoms with van der Waals surface area (Å²) in [7, 11) is 0. The van der Waals surface area contributed by atoms with Gasteiger partial charge in [-0.3, -0.25) is 14.4 Å². The molecule has 36 heavy (non-hydrogen) atoms. The highest BCUT2D eigenvalue weighted by atomic mass is 16.6. The summed E-state index contributed by atoms with van der Waals surface area (Å²) in [5, 5.41) is 8.06. The molecule has 2 rings (SSSR count). The summed E-state index contributed by atoms with van der Waals surface area (Å²) in [5.41, 5.74) is -0.709. The van der Waals surface area contributed by atoms with E-state index in [4.69, 9.17) is 4.74 Å². The second-order valence-electron chi connectivity index (χ2n) is 11.8. The average Bonchev–Trinajstić information content (AvgIpc) is 3.46. The number of hydrogen-bond acceptors (Lipinski definition) is 6. The Kier molecular flexibility index (Phi) is 9.31. The molecule has 0 spiro atoms. The van der Waals surface area contributed by atoms with Crippen LogP contribution in [0.15, 0.2) is 12.2 Å². The normalized spacial score (nSPS) is 19.8. The highest BCUT2D eigenvalue weighted by molar-refractivity contribution is 6.38. The van der Waals surface area contributed by atoms with Crippen LogP contribution in [0, 0.1) is 5.41 Å². The lowest BCUT2D eigenvalue weighted by atomic mass is 9.86. The summed E-state index contributed by atoms with van der Waals surface area (Å²) in [6.07, 6.45) is 2.77. The van der Waals surface area contributed by atoms with Crippen molar-refractivity contribution in [2.24, 2.45) is 5.41 Å². The third-order valence-electron chi connectivity index (χ3n) is 5.94. The van der Waals surface area contributed by atoms with Gasteiger partial charge in [-0.1, -0.05) is 46.3 Å². The van der Waals surface area contributed by atoms with Gasteiger partial charge in [0.1, 0.15) is 17.7 Å².